The lowest BCUT2D eigenvalue weighted by Gasteiger charge is -2.37. The Bertz CT molecular complexity index is 755. The molecule has 0 spiro atoms. The molecule has 1 aliphatic carbocycles. The molecule has 3 aliphatic rings. The van der Waals surface area contributed by atoms with Crippen molar-refractivity contribution in [1.82, 2.24) is 10.2 Å². The third-order valence-electron chi connectivity index (χ3n) is 5.53. The van der Waals surface area contributed by atoms with Crippen molar-refractivity contribution < 1.29 is 9.59 Å². The summed E-state index contributed by atoms with van der Waals surface area (Å²) in [5.74, 6) is 0.0944. The Morgan fingerprint density at radius 1 is 1.20 bits per heavy atom. The molecule has 0 bridgehead atoms. The lowest BCUT2D eigenvalue weighted by Crippen LogP contribution is -2.42. The molecule has 1 aromatic heterocycles. The third-order valence-corrected chi connectivity index (χ3v) is 6.23. The number of Topliss-reactive ketones (excluding diaryl/α,β-unsaturated/α-hetero) is 1. The van der Waals surface area contributed by atoms with E-state index in [0.29, 0.717) is 6.42 Å². The summed E-state index contributed by atoms with van der Waals surface area (Å²) in [7, 11) is 0. The zero-order valence-electron chi connectivity index (χ0n) is 14.6. The van der Waals surface area contributed by atoms with Gasteiger partial charge in [0.05, 0.1) is 0 Å². The van der Waals surface area contributed by atoms with Crippen LogP contribution in [0.15, 0.2) is 39.4 Å². The molecule has 0 saturated carbocycles. The number of piperidine rings is 1. The van der Waals surface area contributed by atoms with E-state index in [0.717, 1.165) is 66.9 Å². The molecule has 1 atom stereocenters. The molecule has 0 radical (unpaired) electrons. The van der Waals surface area contributed by atoms with Gasteiger partial charge in [-0.3, -0.25) is 9.59 Å². The second kappa shape index (κ2) is 6.79. The van der Waals surface area contributed by atoms with Crippen LogP contribution in [-0.4, -0.2) is 29.7 Å². The van der Waals surface area contributed by atoms with E-state index < -0.39 is 0 Å². The highest BCUT2D eigenvalue weighted by atomic mass is 32.1. The molecule has 3 heterocycles. The van der Waals surface area contributed by atoms with Crippen molar-refractivity contribution in [2.75, 3.05) is 13.1 Å². The molecule has 5 heteroatoms. The van der Waals surface area contributed by atoms with Crippen molar-refractivity contribution in [2.24, 2.45) is 0 Å². The van der Waals surface area contributed by atoms with E-state index in [-0.39, 0.29) is 17.6 Å². The van der Waals surface area contributed by atoms with Gasteiger partial charge in [-0.05, 0) is 61.4 Å². The highest BCUT2D eigenvalue weighted by Gasteiger charge is 2.39. The van der Waals surface area contributed by atoms with Crippen LogP contribution in [0.5, 0.6) is 0 Å². The van der Waals surface area contributed by atoms with E-state index in [1.165, 1.54) is 6.42 Å². The average molecular weight is 356 g/mol. The van der Waals surface area contributed by atoms with Crippen LogP contribution in [0.4, 0.5) is 0 Å². The van der Waals surface area contributed by atoms with Gasteiger partial charge in [0, 0.05) is 48.0 Å². The number of allylic oxidation sites excluding steroid dienone is 3. The molecule has 1 saturated heterocycles. The van der Waals surface area contributed by atoms with Gasteiger partial charge in [-0.2, -0.15) is 11.3 Å². The van der Waals surface area contributed by atoms with E-state index in [4.69, 9.17) is 0 Å². The quantitative estimate of drug-likeness (QED) is 0.878. The molecule has 132 valence electrons. The fourth-order valence-corrected chi connectivity index (χ4v) is 4.99. The Morgan fingerprint density at radius 3 is 2.72 bits per heavy atom. The lowest BCUT2D eigenvalue weighted by molar-refractivity contribution is -0.128. The van der Waals surface area contributed by atoms with Gasteiger partial charge in [0.15, 0.2) is 5.78 Å². The minimum absolute atomic E-state index is 0.103. The first-order valence-electron chi connectivity index (χ1n) is 9.22. The third kappa shape index (κ3) is 2.95. The van der Waals surface area contributed by atoms with E-state index in [9.17, 15) is 9.59 Å². The number of hydrogen-bond donors (Lipinski definition) is 1. The number of nitrogens with zero attached hydrogens (tertiary/aromatic N) is 1. The summed E-state index contributed by atoms with van der Waals surface area (Å²) in [4.78, 5) is 28.1. The van der Waals surface area contributed by atoms with Crippen LogP contribution in [0, 0.1) is 0 Å². The summed E-state index contributed by atoms with van der Waals surface area (Å²) in [6, 6.07) is 2.06. The van der Waals surface area contributed by atoms with E-state index in [1.807, 2.05) is 17.2 Å². The van der Waals surface area contributed by atoms with Crippen LogP contribution in [0.25, 0.3) is 0 Å². The van der Waals surface area contributed by atoms with Crippen molar-refractivity contribution in [1.29, 1.82) is 0 Å². The molecule has 0 aromatic carbocycles. The normalized spacial score (nSPS) is 24.3. The maximum absolute atomic E-state index is 13.3. The molecule has 1 amide bonds. The van der Waals surface area contributed by atoms with E-state index in [1.54, 1.807) is 11.3 Å². The van der Waals surface area contributed by atoms with Crippen LogP contribution in [0.2, 0.25) is 0 Å². The monoisotopic (exact) mass is 356 g/mol. The van der Waals surface area contributed by atoms with Crippen molar-refractivity contribution in [3.8, 4) is 0 Å². The molecule has 4 nitrogen and oxygen atoms in total. The van der Waals surface area contributed by atoms with Gasteiger partial charge in [-0.25, -0.2) is 0 Å². The Balaban J connectivity index is 1.78. The van der Waals surface area contributed by atoms with Gasteiger partial charge >= 0.3 is 0 Å². The zero-order chi connectivity index (χ0) is 17.4. The molecule has 0 unspecified atom stereocenters. The molecule has 2 aliphatic heterocycles. The molecule has 1 aromatic rings. The number of ketones is 1. The minimum Gasteiger partial charge on any atom is -0.362 e. The number of carbonyl (C=O) groups is 2. The molecule has 25 heavy (non-hydrogen) atoms. The van der Waals surface area contributed by atoms with Crippen LogP contribution >= 0.6 is 11.3 Å². The van der Waals surface area contributed by atoms with Gasteiger partial charge in [0.2, 0.25) is 0 Å². The predicted octanol–water partition coefficient (Wildman–Crippen LogP) is 3.73. The lowest BCUT2D eigenvalue weighted by atomic mass is 9.75. The number of likely N-dealkylation sites (tertiary alicyclic amines) is 1. The summed E-state index contributed by atoms with van der Waals surface area (Å²) in [5, 5.41) is 7.52. The molecule has 1 fully saturated rings. The fourth-order valence-electron chi connectivity index (χ4n) is 4.31. The Labute approximate surface area is 152 Å². The van der Waals surface area contributed by atoms with Crippen LogP contribution in [0.3, 0.4) is 0 Å². The number of amides is 1. The number of carbonyl (C=O) groups excluding carboxylic acids is 2. The second-order valence-corrected chi connectivity index (χ2v) is 7.96. The second-order valence-electron chi connectivity index (χ2n) is 7.18. The minimum atomic E-state index is -0.204. The number of dihydropyridines is 1. The number of hydrogen-bond acceptors (Lipinski definition) is 4. The highest BCUT2D eigenvalue weighted by molar-refractivity contribution is 7.08. The van der Waals surface area contributed by atoms with Crippen LogP contribution in [0.1, 0.15) is 56.9 Å². The standard InChI is InChI=1S/C20H24N2O2S/c1-13-17(20(24)22-9-3-2-4-10-22)18(14-8-11-25-12-14)19-15(21-13)6-5-7-16(19)23/h8,11-12,18,21H,2-7,9-10H2,1H3/t18-/m1/s1. The van der Waals surface area contributed by atoms with E-state index >= 15 is 0 Å². The summed E-state index contributed by atoms with van der Waals surface area (Å²) in [6.07, 6.45) is 5.71. The maximum Gasteiger partial charge on any atom is 0.252 e. The van der Waals surface area contributed by atoms with E-state index in [2.05, 4.69) is 16.8 Å². The van der Waals surface area contributed by atoms with Gasteiger partial charge in [0.25, 0.3) is 5.91 Å². The van der Waals surface area contributed by atoms with Crippen molar-refractivity contribution in [3.05, 3.63) is 44.9 Å². The van der Waals surface area contributed by atoms with Crippen LogP contribution in [-0.2, 0) is 9.59 Å². The van der Waals surface area contributed by atoms with Gasteiger partial charge in [-0.15, -0.1) is 0 Å². The first kappa shape index (κ1) is 16.6. The fraction of sp³-hybridized carbons (Fsp3) is 0.500. The van der Waals surface area contributed by atoms with Crippen molar-refractivity contribution in [2.45, 2.75) is 51.4 Å². The average Bonchev–Trinajstić information content (AvgIpc) is 3.15. The predicted molar refractivity (Wildman–Crippen MR) is 99.2 cm³/mol. The number of rotatable bonds is 2. The summed E-state index contributed by atoms with van der Waals surface area (Å²) in [5.41, 5.74) is 4.62. The summed E-state index contributed by atoms with van der Waals surface area (Å²) < 4.78 is 0. The van der Waals surface area contributed by atoms with Crippen molar-refractivity contribution >= 4 is 23.0 Å². The van der Waals surface area contributed by atoms with Crippen LogP contribution < -0.4 is 5.32 Å². The van der Waals surface area contributed by atoms with Gasteiger partial charge in [-0.1, -0.05) is 0 Å². The highest BCUT2D eigenvalue weighted by Crippen LogP contribution is 2.43. The maximum atomic E-state index is 13.3. The number of thiophene rings is 1. The largest absolute Gasteiger partial charge is 0.362 e. The van der Waals surface area contributed by atoms with Crippen molar-refractivity contribution in [3.63, 3.8) is 0 Å². The molecular weight excluding hydrogens is 332 g/mol. The zero-order valence-corrected chi connectivity index (χ0v) is 15.5. The summed E-state index contributed by atoms with van der Waals surface area (Å²) >= 11 is 1.62. The Kier molecular flexibility index (Phi) is 4.50. The topological polar surface area (TPSA) is 49.4 Å². The molecule has 1 N–H and O–H groups in total. The van der Waals surface area contributed by atoms with Gasteiger partial charge in [0.1, 0.15) is 0 Å². The van der Waals surface area contributed by atoms with Gasteiger partial charge < -0.3 is 10.2 Å². The Hall–Kier alpha value is -1.88. The molecular formula is C20H24N2O2S. The SMILES string of the molecule is CC1=C(C(=O)N2CCCCC2)[C@@H](c2ccsc2)C2=C(CCCC2=O)N1. The number of nitrogens with one attached hydrogen (secondary N) is 1. The molecule has 4 rings (SSSR count). The Morgan fingerprint density at radius 2 is 2.00 bits per heavy atom. The smallest absolute Gasteiger partial charge is 0.252 e. The summed E-state index contributed by atoms with van der Waals surface area (Å²) in [6.45, 7) is 3.64. The first-order valence-corrected chi connectivity index (χ1v) is 10.2. The first-order chi connectivity index (χ1) is 12.2.